The molecule has 0 fully saturated rings. The van der Waals surface area contributed by atoms with Crippen LogP contribution in [0.3, 0.4) is 0 Å². The third kappa shape index (κ3) is 4.97. The predicted octanol–water partition coefficient (Wildman–Crippen LogP) is 1.14. The third-order valence-electron chi connectivity index (χ3n) is 4.52. The van der Waals surface area contributed by atoms with Crippen LogP contribution in [0.5, 0.6) is 5.88 Å². The highest BCUT2D eigenvalue weighted by Crippen LogP contribution is 2.32. The van der Waals surface area contributed by atoms with Gasteiger partial charge in [0.25, 0.3) is 5.56 Å². The highest BCUT2D eigenvalue weighted by molar-refractivity contribution is 7.89. The summed E-state index contributed by atoms with van der Waals surface area (Å²) in [4.78, 5) is 12.1. The summed E-state index contributed by atoms with van der Waals surface area (Å²) >= 11 is 0. The minimum Gasteiger partial charge on any atom is -0.493 e. The number of nitriles is 1. The van der Waals surface area contributed by atoms with Gasteiger partial charge in [-0.15, -0.1) is 5.11 Å². The van der Waals surface area contributed by atoms with E-state index >= 15 is 0 Å². The fourth-order valence-corrected chi connectivity index (χ4v) is 4.29. The number of benzene rings is 1. The summed E-state index contributed by atoms with van der Waals surface area (Å²) in [7, 11) is -3.92. The molecule has 31 heavy (non-hydrogen) atoms. The molecule has 2 rings (SSSR count). The lowest BCUT2D eigenvalue weighted by molar-refractivity contribution is 0.217. The number of aromatic hydroxyl groups is 1. The average Bonchev–Trinajstić information content (AvgIpc) is 2.74. The molecule has 0 unspecified atom stereocenters. The minimum absolute atomic E-state index is 0.0354. The molecule has 12 heteroatoms. The van der Waals surface area contributed by atoms with E-state index in [-0.39, 0.29) is 60.2 Å². The number of nitrogens with zero attached hydrogens (tertiary/aromatic N) is 5. The highest BCUT2D eigenvalue weighted by Gasteiger charge is 2.23. The summed E-state index contributed by atoms with van der Waals surface area (Å²) in [5, 5.41) is 45.6. The van der Waals surface area contributed by atoms with Crippen LogP contribution < -0.4 is 5.56 Å². The van der Waals surface area contributed by atoms with E-state index in [0.29, 0.717) is 0 Å². The maximum absolute atomic E-state index is 12.6. The smallest absolute Gasteiger partial charge is 0.271 e. The van der Waals surface area contributed by atoms with E-state index in [1.54, 1.807) is 13.0 Å². The molecular formula is C19H23N5O6S. The number of azo groups is 1. The lowest BCUT2D eigenvalue weighted by Crippen LogP contribution is -2.35. The molecule has 1 heterocycles. The maximum atomic E-state index is 12.6. The van der Waals surface area contributed by atoms with Gasteiger partial charge in [0, 0.05) is 25.2 Å². The van der Waals surface area contributed by atoms with Crippen LogP contribution in [-0.2, 0) is 16.6 Å². The zero-order valence-electron chi connectivity index (χ0n) is 17.1. The van der Waals surface area contributed by atoms with E-state index in [1.807, 2.05) is 0 Å². The van der Waals surface area contributed by atoms with Crippen LogP contribution in [0.2, 0.25) is 0 Å². The molecule has 0 spiro atoms. The summed E-state index contributed by atoms with van der Waals surface area (Å²) in [6.45, 7) is 2.15. The summed E-state index contributed by atoms with van der Waals surface area (Å²) in [5.41, 5.74) is -0.360. The molecule has 2 aromatic rings. The molecule has 0 amide bonds. The standard InChI is InChI=1S/C19H23N5O6S/c1-3-24-18(27)16(12-20)13(2)17(19(24)28)22-21-14-4-6-15(7-5-14)31(29,30)23(8-10-25)9-11-26/h4-7,25-26,28H,3,8-11H2,1-2H3. The van der Waals surface area contributed by atoms with E-state index in [4.69, 9.17) is 10.2 Å². The SMILES string of the molecule is CCn1c(O)c(N=Nc2ccc(S(=O)(=O)N(CCO)CCO)cc2)c(C)c(C#N)c1=O. The van der Waals surface area contributed by atoms with Crippen LogP contribution >= 0.6 is 0 Å². The molecule has 0 aliphatic carbocycles. The largest absolute Gasteiger partial charge is 0.493 e. The van der Waals surface area contributed by atoms with E-state index in [9.17, 15) is 23.6 Å². The molecule has 0 saturated heterocycles. The van der Waals surface area contributed by atoms with Crippen LogP contribution in [0, 0.1) is 18.3 Å². The van der Waals surface area contributed by atoms with Crippen LogP contribution in [0.25, 0.3) is 0 Å². The molecule has 0 radical (unpaired) electrons. The molecular weight excluding hydrogens is 426 g/mol. The molecule has 0 atom stereocenters. The van der Waals surface area contributed by atoms with Gasteiger partial charge in [-0.25, -0.2) is 8.42 Å². The minimum atomic E-state index is -3.92. The highest BCUT2D eigenvalue weighted by atomic mass is 32.2. The number of aliphatic hydroxyl groups excluding tert-OH is 2. The van der Waals surface area contributed by atoms with Crippen molar-refractivity contribution in [3.05, 3.63) is 45.7 Å². The average molecular weight is 449 g/mol. The Balaban J connectivity index is 2.40. The molecule has 3 N–H and O–H groups in total. The lowest BCUT2D eigenvalue weighted by Gasteiger charge is -2.20. The second-order valence-corrected chi connectivity index (χ2v) is 8.32. The van der Waals surface area contributed by atoms with Crippen molar-refractivity contribution in [3.8, 4) is 11.9 Å². The van der Waals surface area contributed by atoms with Crippen LogP contribution in [0.15, 0.2) is 44.2 Å². The van der Waals surface area contributed by atoms with Gasteiger partial charge in [0.05, 0.1) is 23.8 Å². The summed E-state index contributed by atoms with van der Waals surface area (Å²) in [5.74, 6) is -0.421. The molecule has 166 valence electrons. The topological polar surface area (TPSA) is 169 Å². The van der Waals surface area contributed by atoms with E-state index < -0.39 is 21.5 Å². The first-order valence-electron chi connectivity index (χ1n) is 9.33. The summed E-state index contributed by atoms with van der Waals surface area (Å²) in [6.07, 6.45) is 0. The molecule has 0 bridgehead atoms. The Morgan fingerprint density at radius 3 is 2.19 bits per heavy atom. The molecule has 1 aromatic carbocycles. The second kappa shape index (κ2) is 10.3. The summed E-state index contributed by atoms with van der Waals surface area (Å²) in [6, 6.07) is 7.18. The number of rotatable bonds is 9. The van der Waals surface area contributed by atoms with Crippen molar-refractivity contribution in [2.45, 2.75) is 25.3 Å². The van der Waals surface area contributed by atoms with E-state index in [0.717, 1.165) is 8.87 Å². The zero-order chi connectivity index (χ0) is 23.2. The first-order valence-corrected chi connectivity index (χ1v) is 10.8. The van der Waals surface area contributed by atoms with Gasteiger partial charge in [0.1, 0.15) is 11.6 Å². The van der Waals surface area contributed by atoms with Gasteiger partial charge in [-0.3, -0.25) is 9.36 Å². The normalized spacial score (nSPS) is 11.9. The molecule has 0 saturated carbocycles. The number of aromatic nitrogens is 1. The molecule has 11 nitrogen and oxygen atoms in total. The lowest BCUT2D eigenvalue weighted by atomic mass is 10.1. The van der Waals surface area contributed by atoms with Gasteiger partial charge < -0.3 is 15.3 Å². The van der Waals surface area contributed by atoms with Crippen molar-refractivity contribution < 1.29 is 23.7 Å². The second-order valence-electron chi connectivity index (χ2n) is 6.38. The fourth-order valence-electron chi connectivity index (χ4n) is 2.87. The number of aliphatic hydroxyl groups is 2. The Labute approximate surface area is 179 Å². The number of hydrogen-bond donors (Lipinski definition) is 3. The molecule has 0 aliphatic heterocycles. The molecule has 1 aromatic heterocycles. The van der Waals surface area contributed by atoms with Gasteiger partial charge in [-0.2, -0.15) is 14.7 Å². The van der Waals surface area contributed by atoms with Crippen molar-refractivity contribution >= 4 is 21.4 Å². The monoisotopic (exact) mass is 449 g/mol. The number of sulfonamides is 1. The van der Waals surface area contributed by atoms with Crippen molar-refractivity contribution in [3.63, 3.8) is 0 Å². The predicted molar refractivity (Wildman–Crippen MR) is 111 cm³/mol. The first-order chi connectivity index (χ1) is 14.7. The molecule has 0 aliphatic rings. The van der Waals surface area contributed by atoms with Crippen molar-refractivity contribution in [1.82, 2.24) is 8.87 Å². The Morgan fingerprint density at radius 1 is 1.13 bits per heavy atom. The fraction of sp³-hybridized carbons (Fsp3) is 0.368. The maximum Gasteiger partial charge on any atom is 0.271 e. The Kier molecular flexibility index (Phi) is 8.01. The van der Waals surface area contributed by atoms with Crippen LogP contribution in [0.4, 0.5) is 11.4 Å². The van der Waals surface area contributed by atoms with Crippen molar-refractivity contribution in [2.24, 2.45) is 10.2 Å². The Bertz CT molecular complexity index is 1160. The van der Waals surface area contributed by atoms with Crippen LogP contribution in [-0.4, -0.2) is 58.9 Å². The summed E-state index contributed by atoms with van der Waals surface area (Å²) < 4.78 is 27.2. The van der Waals surface area contributed by atoms with Crippen LogP contribution in [0.1, 0.15) is 18.1 Å². The Morgan fingerprint density at radius 2 is 1.71 bits per heavy atom. The zero-order valence-corrected chi connectivity index (χ0v) is 17.9. The number of pyridine rings is 1. The quantitative estimate of drug-likeness (QED) is 0.482. The third-order valence-corrected chi connectivity index (χ3v) is 6.44. The Hall–Kier alpha value is -3.11. The van der Waals surface area contributed by atoms with E-state index in [2.05, 4.69) is 10.2 Å². The van der Waals surface area contributed by atoms with E-state index in [1.165, 1.54) is 31.2 Å². The van der Waals surface area contributed by atoms with Gasteiger partial charge in [-0.1, -0.05) is 0 Å². The van der Waals surface area contributed by atoms with Crippen molar-refractivity contribution in [1.29, 1.82) is 5.26 Å². The van der Waals surface area contributed by atoms with Gasteiger partial charge in [-0.05, 0) is 38.1 Å². The first kappa shape index (κ1) is 24.2. The van der Waals surface area contributed by atoms with Gasteiger partial charge >= 0.3 is 0 Å². The van der Waals surface area contributed by atoms with Crippen molar-refractivity contribution in [2.75, 3.05) is 26.3 Å². The van der Waals surface area contributed by atoms with Gasteiger partial charge in [0.15, 0.2) is 5.69 Å². The van der Waals surface area contributed by atoms with Gasteiger partial charge in [0.2, 0.25) is 15.9 Å². The number of hydrogen-bond acceptors (Lipinski definition) is 9.